The molecule has 5 nitrogen and oxygen atoms in total. The lowest BCUT2D eigenvalue weighted by atomic mass is 9.99. The fourth-order valence-electron chi connectivity index (χ4n) is 2.55. The summed E-state index contributed by atoms with van der Waals surface area (Å²) in [5, 5.41) is 9.30. The van der Waals surface area contributed by atoms with Gasteiger partial charge in [-0.15, -0.1) is 0 Å². The summed E-state index contributed by atoms with van der Waals surface area (Å²) in [6, 6.07) is 3.37. The number of nitrogens with zero attached hydrogens (tertiary/aromatic N) is 3. The summed E-state index contributed by atoms with van der Waals surface area (Å²) in [6.07, 6.45) is 0. The molecule has 0 aromatic carbocycles. The number of rotatable bonds is 3. The molecule has 116 valence electrons. The first-order valence-electron chi connectivity index (χ1n) is 7.42. The van der Waals surface area contributed by atoms with Crippen molar-refractivity contribution in [2.75, 3.05) is 31.6 Å². The quantitative estimate of drug-likeness (QED) is 0.927. The van der Waals surface area contributed by atoms with Crippen LogP contribution in [0.2, 0.25) is 0 Å². The maximum atomic E-state index is 11.3. The van der Waals surface area contributed by atoms with Crippen LogP contribution in [0.5, 0.6) is 0 Å². The highest BCUT2D eigenvalue weighted by atomic mass is 16.4. The monoisotopic (exact) mass is 291 g/mol. The highest BCUT2D eigenvalue weighted by Gasteiger charge is 2.32. The largest absolute Gasteiger partial charge is 0.478 e. The number of hydrogen-bond donors (Lipinski definition) is 1. The molecule has 1 saturated heterocycles. The summed E-state index contributed by atoms with van der Waals surface area (Å²) < 4.78 is 0. The van der Waals surface area contributed by atoms with Crippen molar-refractivity contribution in [1.29, 1.82) is 0 Å². The number of carboxylic acid groups (broad SMARTS) is 1. The second kappa shape index (κ2) is 5.64. The van der Waals surface area contributed by atoms with Gasteiger partial charge >= 0.3 is 5.97 Å². The molecule has 1 N–H and O–H groups in total. The molecular formula is C16H25N3O2. The Bertz CT molecular complexity index is 540. The van der Waals surface area contributed by atoms with Gasteiger partial charge in [-0.3, -0.25) is 4.90 Å². The van der Waals surface area contributed by atoms with Crippen molar-refractivity contribution < 1.29 is 9.90 Å². The van der Waals surface area contributed by atoms with Gasteiger partial charge in [-0.1, -0.05) is 13.8 Å². The van der Waals surface area contributed by atoms with Crippen molar-refractivity contribution in [1.82, 2.24) is 9.88 Å². The van der Waals surface area contributed by atoms with Crippen LogP contribution < -0.4 is 4.90 Å². The highest BCUT2D eigenvalue weighted by Crippen LogP contribution is 2.26. The van der Waals surface area contributed by atoms with Crippen molar-refractivity contribution in [3.05, 3.63) is 23.4 Å². The molecule has 0 atom stereocenters. The molecule has 0 unspecified atom stereocenters. The van der Waals surface area contributed by atoms with Gasteiger partial charge in [-0.2, -0.15) is 0 Å². The zero-order valence-electron chi connectivity index (χ0n) is 13.6. The molecule has 1 aliphatic rings. The first kappa shape index (κ1) is 15.8. The third kappa shape index (κ3) is 3.35. The van der Waals surface area contributed by atoms with E-state index in [4.69, 9.17) is 0 Å². The minimum atomic E-state index is -0.895. The van der Waals surface area contributed by atoms with Crippen molar-refractivity contribution in [3.63, 3.8) is 0 Å². The predicted octanol–water partition coefficient (Wildman–Crippen LogP) is 2.43. The van der Waals surface area contributed by atoms with Gasteiger partial charge in [-0.25, -0.2) is 9.78 Å². The number of aromatic carboxylic acids is 1. The lowest BCUT2D eigenvalue weighted by Gasteiger charge is -2.45. The Morgan fingerprint density at radius 2 is 2.00 bits per heavy atom. The summed E-state index contributed by atoms with van der Waals surface area (Å²) in [5.41, 5.74) is 1.21. The second-order valence-corrected chi connectivity index (χ2v) is 6.75. The number of aromatic nitrogens is 1. The minimum Gasteiger partial charge on any atom is -0.478 e. The lowest BCUT2D eigenvalue weighted by molar-refractivity contribution is 0.0696. The average molecular weight is 291 g/mol. The molecule has 0 radical (unpaired) electrons. The molecule has 0 bridgehead atoms. The third-order valence-electron chi connectivity index (χ3n) is 4.31. The maximum absolute atomic E-state index is 11.3. The number of hydrogen-bond acceptors (Lipinski definition) is 4. The van der Waals surface area contributed by atoms with Gasteiger partial charge in [0.15, 0.2) is 0 Å². The SMILES string of the molecule is CC(C)c1cc(C(=O)O)cc(N2CCN(C)C(C)(C)C2)n1. The second-order valence-electron chi connectivity index (χ2n) is 6.75. The summed E-state index contributed by atoms with van der Waals surface area (Å²) in [4.78, 5) is 20.5. The molecule has 0 saturated carbocycles. The van der Waals surface area contributed by atoms with Crippen molar-refractivity contribution in [3.8, 4) is 0 Å². The summed E-state index contributed by atoms with van der Waals surface area (Å²) in [5.74, 6) is 0.0947. The van der Waals surface area contributed by atoms with E-state index in [1.54, 1.807) is 12.1 Å². The van der Waals surface area contributed by atoms with Crippen molar-refractivity contribution >= 4 is 11.8 Å². The van der Waals surface area contributed by atoms with E-state index >= 15 is 0 Å². The predicted molar refractivity (Wildman–Crippen MR) is 84.2 cm³/mol. The lowest BCUT2D eigenvalue weighted by Crippen LogP contribution is -2.58. The van der Waals surface area contributed by atoms with Gasteiger partial charge in [0.1, 0.15) is 5.82 Å². The van der Waals surface area contributed by atoms with E-state index in [9.17, 15) is 9.90 Å². The highest BCUT2D eigenvalue weighted by molar-refractivity contribution is 5.88. The summed E-state index contributed by atoms with van der Waals surface area (Å²) in [6.45, 7) is 11.1. The van der Waals surface area contributed by atoms with E-state index in [0.29, 0.717) is 5.56 Å². The summed E-state index contributed by atoms with van der Waals surface area (Å²) in [7, 11) is 2.12. The Hall–Kier alpha value is -1.62. The fraction of sp³-hybridized carbons (Fsp3) is 0.625. The van der Waals surface area contributed by atoms with Gasteiger partial charge in [0.2, 0.25) is 0 Å². The van der Waals surface area contributed by atoms with Crippen LogP contribution in [0.25, 0.3) is 0 Å². The van der Waals surface area contributed by atoms with Crippen LogP contribution in [0.4, 0.5) is 5.82 Å². The third-order valence-corrected chi connectivity index (χ3v) is 4.31. The minimum absolute atomic E-state index is 0.0527. The van der Waals surface area contributed by atoms with Crippen LogP contribution in [0.1, 0.15) is 49.7 Å². The van der Waals surface area contributed by atoms with Crippen LogP contribution in [0.15, 0.2) is 12.1 Å². The normalized spacial score (nSPS) is 19.0. The van der Waals surface area contributed by atoms with E-state index in [2.05, 4.69) is 35.7 Å². The molecular weight excluding hydrogens is 266 g/mol. The first-order valence-corrected chi connectivity index (χ1v) is 7.42. The number of anilines is 1. The molecule has 1 aromatic rings. The molecule has 1 aromatic heterocycles. The van der Waals surface area contributed by atoms with Gasteiger partial charge in [0, 0.05) is 30.9 Å². The molecule has 2 rings (SSSR count). The van der Waals surface area contributed by atoms with E-state index in [0.717, 1.165) is 31.1 Å². The van der Waals surface area contributed by atoms with E-state index in [1.165, 1.54) is 0 Å². The molecule has 21 heavy (non-hydrogen) atoms. The van der Waals surface area contributed by atoms with Crippen molar-refractivity contribution in [2.24, 2.45) is 0 Å². The smallest absolute Gasteiger partial charge is 0.335 e. The van der Waals surface area contributed by atoms with Crippen LogP contribution in [-0.4, -0.2) is 53.2 Å². The Labute approximate surface area is 126 Å². The molecule has 1 fully saturated rings. The Morgan fingerprint density at radius 1 is 1.33 bits per heavy atom. The molecule has 1 aliphatic heterocycles. The van der Waals surface area contributed by atoms with E-state index in [-0.39, 0.29) is 11.5 Å². The van der Waals surface area contributed by atoms with E-state index in [1.807, 2.05) is 13.8 Å². The van der Waals surface area contributed by atoms with Gasteiger partial charge < -0.3 is 10.0 Å². The summed E-state index contributed by atoms with van der Waals surface area (Å²) >= 11 is 0. The van der Waals surface area contributed by atoms with Crippen LogP contribution in [0.3, 0.4) is 0 Å². The Balaban J connectivity index is 2.37. The van der Waals surface area contributed by atoms with Crippen molar-refractivity contribution in [2.45, 2.75) is 39.2 Å². The number of carboxylic acids is 1. The molecule has 2 heterocycles. The molecule has 0 aliphatic carbocycles. The number of piperazine rings is 1. The molecule has 0 amide bonds. The Morgan fingerprint density at radius 3 is 2.52 bits per heavy atom. The molecule has 0 spiro atoms. The standard InChI is InChI=1S/C16H25N3O2/c1-11(2)13-8-12(15(20)21)9-14(17-13)19-7-6-18(5)16(3,4)10-19/h8-9,11H,6-7,10H2,1-5H3,(H,20,21). The number of likely N-dealkylation sites (N-methyl/N-ethyl adjacent to an activating group) is 1. The maximum Gasteiger partial charge on any atom is 0.335 e. The fourth-order valence-corrected chi connectivity index (χ4v) is 2.55. The van der Waals surface area contributed by atoms with Gasteiger partial charge in [-0.05, 0) is 38.9 Å². The number of carbonyl (C=O) groups is 1. The number of pyridine rings is 1. The zero-order valence-corrected chi connectivity index (χ0v) is 13.6. The molecule has 5 heteroatoms. The topological polar surface area (TPSA) is 56.7 Å². The van der Waals surface area contributed by atoms with Gasteiger partial charge in [0.05, 0.1) is 5.56 Å². The van der Waals surface area contributed by atoms with Crippen LogP contribution in [-0.2, 0) is 0 Å². The van der Waals surface area contributed by atoms with Crippen LogP contribution in [0, 0.1) is 0 Å². The Kier molecular flexibility index (Phi) is 4.23. The first-order chi connectivity index (χ1) is 9.70. The van der Waals surface area contributed by atoms with Gasteiger partial charge in [0.25, 0.3) is 0 Å². The average Bonchev–Trinajstić information content (AvgIpc) is 2.41. The zero-order chi connectivity index (χ0) is 15.8. The van der Waals surface area contributed by atoms with E-state index < -0.39 is 5.97 Å². The van der Waals surface area contributed by atoms with Crippen LogP contribution >= 0.6 is 0 Å².